The minimum absolute atomic E-state index is 0.0685. The maximum Gasteiger partial charge on any atom is 0.239 e. The van der Waals surface area contributed by atoms with Crippen LogP contribution in [0.3, 0.4) is 0 Å². The summed E-state index contributed by atoms with van der Waals surface area (Å²) in [6.45, 7) is 3.92. The predicted molar refractivity (Wildman–Crippen MR) is 113 cm³/mol. The van der Waals surface area contributed by atoms with Gasteiger partial charge in [-0.05, 0) is 50.6 Å². The number of amides is 2. The van der Waals surface area contributed by atoms with Crippen molar-refractivity contribution in [3.63, 3.8) is 0 Å². The van der Waals surface area contributed by atoms with E-state index in [4.69, 9.17) is 0 Å². The van der Waals surface area contributed by atoms with Gasteiger partial charge in [-0.3, -0.25) is 14.5 Å². The van der Waals surface area contributed by atoms with E-state index < -0.39 is 0 Å². The van der Waals surface area contributed by atoms with Crippen LogP contribution in [0, 0.1) is 5.92 Å². The Balaban J connectivity index is 1.49. The highest BCUT2D eigenvalue weighted by Crippen LogP contribution is 2.25. The van der Waals surface area contributed by atoms with Crippen LogP contribution in [-0.2, 0) is 16.1 Å². The standard InChI is InChI=1S/C23H29N3O3/c1-17(23(29)25(2)16-18-8-4-3-5-9-18)26-14-12-19(13-15-26)22(28)24-20-10-6-7-11-21(20)27/h3-11,17,19,27H,12-16H2,1-2H3,(H,24,28)/t17-/m1/s1. The Morgan fingerprint density at radius 2 is 1.72 bits per heavy atom. The molecule has 0 spiro atoms. The summed E-state index contributed by atoms with van der Waals surface area (Å²) >= 11 is 0. The molecule has 0 aromatic heterocycles. The van der Waals surface area contributed by atoms with E-state index in [9.17, 15) is 14.7 Å². The first kappa shape index (κ1) is 20.9. The van der Waals surface area contributed by atoms with Crippen molar-refractivity contribution in [2.24, 2.45) is 5.92 Å². The van der Waals surface area contributed by atoms with E-state index in [-0.39, 0.29) is 29.5 Å². The van der Waals surface area contributed by atoms with Crippen molar-refractivity contribution >= 4 is 17.5 Å². The van der Waals surface area contributed by atoms with Crippen molar-refractivity contribution in [1.82, 2.24) is 9.80 Å². The second kappa shape index (κ2) is 9.56. The maximum atomic E-state index is 12.8. The number of phenolic OH excluding ortho intramolecular Hbond substituents is 1. The van der Waals surface area contributed by atoms with Gasteiger partial charge in [-0.1, -0.05) is 42.5 Å². The summed E-state index contributed by atoms with van der Waals surface area (Å²) in [4.78, 5) is 29.3. The molecule has 29 heavy (non-hydrogen) atoms. The fraction of sp³-hybridized carbons (Fsp3) is 0.391. The van der Waals surface area contributed by atoms with E-state index in [1.54, 1.807) is 29.2 Å². The van der Waals surface area contributed by atoms with Crippen LogP contribution in [0.2, 0.25) is 0 Å². The summed E-state index contributed by atoms with van der Waals surface area (Å²) in [5.41, 5.74) is 1.54. The monoisotopic (exact) mass is 395 g/mol. The van der Waals surface area contributed by atoms with Crippen LogP contribution < -0.4 is 5.32 Å². The highest BCUT2D eigenvalue weighted by Gasteiger charge is 2.31. The molecule has 0 saturated carbocycles. The number of carbonyl (C=O) groups is 2. The van der Waals surface area contributed by atoms with Crippen molar-refractivity contribution in [3.8, 4) is 5.75 Å². The van der Waals surface area contributed by atoms with Gasteiger partial charge in [0.05, 0.1) is 11.7 Å². The van der Waals surface area contributed by atoms with Crippen LogP contribution in [0.1, 0.15) is 25.3 Å². The first-order chi connectivity index (χ1) is 14.0. The van der Waals surface area contributed by atoms with Gasteiger partial charge in [-0.15, -0.1) is 0 Å². The summed E-state index contributed by atoms with van der Waals surface area (Å²) in [7, 11) is 1.83. The Hall–Kier alpha value is -2.86. The van der Waals surface area contributed by atoms with Crippen molar-refractivity contribution in [2.75, 3.05) is 25.5 Å². The van der Waals surface area contributed by atoms with Gasteiger partial charge in [-0.25, -0.2) is 0 Å². The van der Waals surface area contributed by atoms with Gasteiger partial charge in [0, 0.05) is 19.5 Å². The van der Waals surface area contributed by atoms with Crippen LogP contribution >= 0.6 is 0 Å². The minimum atomic E-state index is -0.217. The molecule has 1 aliphatic heterocycles. The SMILES string of the molecule is C[C@H](C(=O)N(C)Cc1ccccc1)N1CCC(C(=O)Nc2ccccc2O)CC1. The Bertz CT molecular complexity index is 832. The molecule has 154 valence electrons. The number of nitrogens with zero attached hydrogens (tertiary/aromatic N) is 2. The number of phenols is 1. The molecule has 1 heterocycles. The highest BCUT2D eigenvalue weighted by atomic mass is 16.3. The molecule has 0 radical (unpaired) electrons. The molecular formula is C23H29N3O3. The van der Waals surface area contributed by atoms with Gasteiger partial charge >= 0.3 is 0 Å². The van der Waals surface area contributed by atoms with Gasteiger partial charge in [-0.2, -0.15) is 0 Å². The summed E-state index contributed by atoms with van der Waals surface area (Å²) < 4.78 is 0. The lowest BCUT2D eigenvalue weighted by molar-refractivity contribution is -0.136. The number of piperidine rings is 1. The highest BCUT2D eigenvalue weighted by molar-refractivity contribution is 5.94. The number of likely N-dealkylation sites (N-methyl/N-ethyl adjacent to an activating group) is 1. The number of carbonyl (C=O) groups excluding carboxylic acids is 2. The van der Waals surface area contributed by atoms with Gasteiger partial charge < -0.3 is 15.3 Å². The second-order valence-electron chi connectivity index (χ2n) is 7.67. The maximum absolute atomic E-state index is 12.8. The summed E-state index contributed by atoms with van der Waals surface area (Å²) in [5.74, 6) is -0.0357. The largest absolute Gasteiger partial charge is 0.506 e. The Kier molecular flexibility index (Phi) is 6.88. The van der Waals surface area contributed by atoms with Gasteiger partial charge in [0.1, 0.15) is 5.75 Å². The topological polar surface area (TPSA) is 72.9 Å². The molecule has 0 aliphatic carbocycles. The van der Waals surface area contributed by atoms with Gasteiger partial charge in [0.15, 0.2) is 0 Å². The van der Waals surface area contributed by atoms with E-state index >= 15 is 0 Å². The fourth-order valence-corrected chi connectivity index (χ4v) is 3.77. The van der Waals surface area contributed by atoms with Crippen molar-refractivity contribution in [1.29, 1.82) is 0 Å². The zero-order valence-corrected chi connectivity index (χ0v) is 17.0. The number of hydrogen-bond acceptors (Lipinski definition) is 4. The number of para-hydroxylation sites is 2. The molecule has 0 bridgehead atoms. The molecule has 1 aliphatic rings. The number of hydrogen-bond donors (Lipinski definition) is 2. The zero-order chi connectivity index (χ0) is 20.8. The predicted octanol–water partition coefficient (Wildman–Crippen LogP) is 3.09. The lowest BCUT2D eigenvalue weighted by Crippen LogP contribution is -2.49. The van der Waals surface area contributed by atoms with E-state index in [2.05, 4.69) is 10.2 Å². The van der Waals surface area contributed by atoms with Crippen molar-refractivity contribution in [2.45, 2.75) is 32.4 Å². The fourth-order valence-electron chi connectivity index (χ4n) is 3.77. The third-order valence-corrected chi connectivity index (χ3v) is 5.61. The second-order valence-corrected chi connectivity index (χ2v) is 7.67. The van der Waals surface area contributed by atoms with Crippen molar-refractivity contribution in [3.05, 3.63) is 60.2 Å². The van der Waals surface area contributed by atoms with Crippen LogP contribution in [0.5, 0.6) is 5.75 Å². The summed E-state index contributed by atoms with van der Waals surface area (Å²) in [6.07, 6.45) is 1.39. The first-order valence-corrected chi connectivity index (χ1v) is 10.1. The number of rotatable bonds is 6. The van der Waals surface area contributed by atoms with Crippen LogP contribution in [-0.4, -0.2) is 52.9 Å². The Morgan fingerprint density at radius 1 is 1.10 bits per heavy atom. The van der Waals surface area contributed by atoms with E-state index in [1.165, 1.54) is 0 Å². The number of anilines is 1. The number of aromatic hydroxyl groups is 1. The van der Waals surface area contributed by atoms with E-state index in [0.717, 1.165) is 5.56 Å². The Labute approximate surface area is 172 Å². The third-order valence-electron chi connectivity index (χ3n) is 5.61. The molecule has 1 atom stereocenters. The normalized spacial score (nSPS) is 16.2. The number of benzene rings is 2. The first-order valence-electron chi connectivity index (χ1n) is 10.1. The quantitative estimate of drug-likeness (QED) is 0.738. The van der Waals surface area contributed by atoms with Crippen LogP contribution in [0.15, 0.2) is 54.6 Å². The molecule has 2 amide bonds. The van der Waals surface area contributed by atoms with E-state index in [0.29, 0.717) is 38.2 Å². The molecule has 6 nitrogen and oxygen atoms in total. The lowest BCUT2D eigenvalue weighted by Gasteiger charge is -2.36. The minimum Gasteiger partial charge on any atom is -0.506 e. The Morgan fingerprint density at radius 3 is 2.38 bits per heavy atom. The average Bonchev–Trinajstić information content (AvgIpc) is 2.75. The molecule has 0 unspecified atom stereocenters. The van der Waals surface area contributed by atoms with Gasteiger partial charge in [0.2, 0.25) is 11.8 Å². The summed E-state index contributed by atoms with van der Waals surface area (Å²) in [5, 5.41) is 12.6. The molecule has 1 fully saturated rings. The van der Waals surface area contributed by atoms with Gasteiger partial charge in [0.25, 0.3) is 0 Å². The molecule has 2 aromatic rings. The average molecular weight is 396 g/mol. The van der Waals surface area contributed by atoms with E-state index in [1.807, 2.05) is 44.3 Å². The number of likely N-dealkylation sites (tertiary alicyclic amines) is 1. The summed E-state index contributed by atoms with van der Waals surface area (Å²) in [6, 6.07) is 16.5. The lowest BCUT2D eigenvalue weighted by atomic mass is 9.94. The van der Waals surface area contributed by atoms with Crippen LogP contribution in [0.4, 0.5) is 5.69 Å². The molecule has 2 N–H and O–H groups in total. The third kappa shape index (κ3) is 5.35. The number of nitrogens with one attached hydrogen (secondary N) is 1. The smallest absolute Gasteiger partial charge is 0.239 e. The molecule has 1 saturated heterocycles. The molecular weight excluding hydrogens is 366 g/mol. The molecule has 3 rings (SSSR count). The molecule has 2 aromatic carbocycles. The van der Waals surface area contributed by atoms with Crippen molar-refractivity contribution < 1.29 is 14.7 Å². The zero-order valence-electron chi connectivity index (χ0n) is 17.0. The molecule has 6 heteroatoms. The van der Waals surface area contributed by atoms with Crippen LogP contribution in [0.25, 0.3) is 0 Å².